The second-order valence-electron chi connectivity index (χ2n) is 6.35. The molecule has 0 aromatic carbocycles. The molecule has 2 saturated heterocycles. The lowest BCUT2D eigenvalue weighted by molar-refractivity contribution is -0.132. The van der Waals surface area contributed by atoms with Crippen molar-refractivity contribution in [3.63, 3.8) is 0 Å². The fourth-order valence-corrected chi connectivity index (χ4v) is 3.29. The van der Waals surface area contributed by atoms with Crippen molar-refractivity contribution in [3.05, 3.63) is 30.1 Å². The van der Waals surface area contributed by atoms with Gasteiger partial charge in [-0.15, -0.1) is 0 Å². The molecule has 1 aromatic heterocycles. The zero-order valence-corrected chi connectivity index (χ0v) is 12.8. The van der Waals surface area contributed by atoms with Crippen molar-refractivity contribution >= 4 is 11.8 Å². The average molecular weight is 303 g/mol. The van der Waals surface area contributed by atoms with E-state index in [4.69, 9.17) is 4.74 Å². The molecule has 0 saturated carbocycles. The number of carbonyl (C=O) groups excluding carboxylic acids is 2. The monoisotopic (exact) mass is 303 g/mol. The molecule has 1 spiro atoms. The van der Waals surface area contributed by atoms with E-state index in [1.54, 1.807) is 24.3 Å². The molecule has 0 bridgehead atoms. The van der Waals surface area contributed by atoms with E-state index in [2.05, 4.69) is 4.98 Å². The van der Waals surface area contributed by atoms with Crippen LogP contribution in [0.2, 0.25) is 0 Å². The zero-order chi connectivity index (χ0) is 15.6. The molecule has 0 N–H and O–H groups in total. The number of rotatable bonds is 2. The molecule has 6 heteroatoms. The maximum Gasteiger partial charge on any atom is 0.248 e. The predicted octanol–water partition coefficient (Wildman–Crippen LogP) is 0.331. The molecular formula is C16H21N3O3. The molecule has 2 amide bonds. The number of hydrogen-bond donors (Lipinski definition) is 0. The molecule has 2 fully saturated rings. The summed E-state index contributed by atoms with van der Waals surface area (Å²) in [5.41, 5.74) is 0.809. The highest BCUT2D eigenvalue weighted by atomic mass is 16.5. The van der Waals surface area contributed by atoms with Gasteiger partial charge < -0.3 is 14.5 Å². The van der Waals surface area contributed by atoms with Gasteiger partial charge in [0, 0.05) is 44.5 Å². The van der Waals surface area contributed by atoms with Crippen LogP contribution >= 0.6 is 0 Å². The van der Waals surface area contributed by atoms with Gasteiger partial charge in [0.25, 0.3) is 0 Å². The van der Waals surface area contributed by atoms with E-state index < -0.39 is 0 Å². The lowest BCUT2D eigenvalue weighted by atomic mass is 9.88. The fourth-order valence-electron chi connectivity index (χ4n) is 3.29. The Morgan fingerprint density at radius 2 is 2.32 bits per heavy atom. The number of aromatic nitrogens is 1. The Morgan fingerprint density at radius 3 is 3.09 bits per heavy atom. The van der Waals surface area contributed by atoms with E-state index in [9.17, 15) is 9.59 Å². The first-order valence-electron chi connectivity index (χ1n) is 7.56. The normalized spacial score (nSPS) is 25.6. The summed E-state index contributed by atoms with van der Waals surface area (Å²) in [5, 5.41) is 0. The van der Waals surface area contributed by atoms with Crippen LogP contribution < -0.4 is 0 Å². The summed E-state index contributed by atoms with van der Waals surface area (Å²) >= 11 is 0. The Kier molecular flexibility index (Phi) is 4.11. The summed E-state index contributed by atoms with van der Waals surface area (Å²) in [5.74, 6) is 0.125. The third-order valence-electron chi connectivity index (χ3n) is 4.50. The van der Waals surface area contributed by atoms with Crippen LogP contribution in [0.1, 0.15) is 12.0 Å². The number of nitrogens with zero attached hydrogens (tertiary/aromatic N) is 3. The summed E-state index contributed by atoms with van der Waals surface area (Å²) in [6.45, 7) is 2.72. The molecule has 118 valence electrons. The van der Waals surface area contributed by atoms with Crippen LogP contribution in [-0.2, 0) is 20.7 Å². The number of amides is 2. The summed E-state index contributed by atoms with van der Waals surface area (Å²) in [6, 6.07) is 3.76. The molecule has 1 aromatic rings. The highest BCUT2D eigenvalue weighted by molar-refractivity contribution is 5.79. The first kappa shape index (κ1) is 15.0. The Labute approximate surface area is 130 Å². The van der Waals surface area contributed by atoms with Gasteiger partial charge in [0.1, 0.15) is 6.61 Å². The smallest absolute Gasteiger partial charge is 0.248 e. The van der Waals surface area contributed by atoms with E-state index in [1.165, 1.54) is 0 Å². The van der Waals surface area contributed by atoms with Crippen LogP contribution in [0.3, 0.4) is 0 Å². The maximum absolute atomic E-state index is 12.4. The molecule has 3 heterocycles. The first-order chi connectivity index (χ1) is 10.6. The van der Waals surface area contributed by atoms with Gasteiger partial charge >= 0.3 is 0 Å². The molecule has 22 heavy (non-hydrogen) atoms. The number of likely N-dealkylation sites (tertiary alicyclic amines) is 1. The first-order valence-corrected chi connectivity index (χ1v) is 7.56. The molecule has 2 aliphatic heterocycles. The fraction of sp³-hybridized carbons (Fsp3) is 0.562. The molecule has 0 aliphatic carbocycles. The van der Waals surface area contributed by atoms with Crippen molar-refractivity contribution in [2.45, 2.75) is 12.8 Å². The Hall–Kier alpha value is -1.95. The van der Waals surface area contributed by atoms with Gasteiger partial charge in [0.05, 0.1) is 13.0 Å². The molecule has 2 aliphatic rings. The number of likely N-dealkylation sites (N-methyl/N-ethyl adjacent to an activating group) is 1. The largest absolute Gasteiger partial charge is 0.371 e. The third-order valence-corrected chi connectivity index (χ3v) is 4.50. The van der Waals surface area contributed by atoms with E-state index >= 15 is 0 Å². The number of carbonyl (C=O) groups is 2. The van der Waals surface area contributed by atoms with E-state index in [0.717, 1.165) is 18.5 Å². The summed E-state index contributed by atoms with van der Waals surface area (Å²) in [6.07, 6.45) is 4.68. The van der Waals surface area contributed by atoms with Gasteiger partial charge in [-0.3, -0.25) is 14.6 Å². The van der Waals surface area contributed by atoms with Crippen LogP contribution in [0.4, 0.5) is 0 Å². The number of hydrogen-bond acceptors (Lipinski definition) is 4. The molecule has 0 radical (unpaired) electrons. The second-order valence-corrected chi connectivity index (χ2v) is 6.35. The zero-order valence-electron chi connectivity index (χ0n) is 12.8. The van der Waals surface area contributed by atoms with Crippen molar-refractivity contribution < 1.29 is 14.3 Å². The van der Waals surface area contributed by atoms with Crippen molar-refractivity contribution in [2.24, 2.45) is 5.41 Å². The Bertz CT molecular complexity index is 563. The quantitative estimate of drug-likeness (QED) is 0.790. The van der Waals surface area contributed by atoms with Gasteiger partial charge in [-0.25, -0.2) is 0 Å². The highest BCUT2D eigenvalue weighted by Crippen LogP contribution is 2.33. The maximum atomic E-state index is 12.4. The molecular weight excluding hydrogens is 282 g/mol. The predicted molar refractivity (Wildman–Crippen MR) is 80.0 cm³/mol. The topological polar surface area (TPSA) is 62.7 Å². The molecule has 1 unspecified atom stereocenters. The summed E-state index contributed by atoms with van der Waals surface area (Å²) in [4.78, 5) is 31.8. The molecule has 1 atom stereocenters. The van der Waals surface area contributed by atoms with Crippen LogP contribution in [0.25, 0.3) is 0 Å². The Balaban J connectivity index is 1.64. The van der Waals surface area contributed by atoms with E-state index in [-0.39, 0.29) is 23.8 Å². The second kappa shape index (κ2) is 6.04. The van der Waals surface area contributed by atoms with Gasteiger partial charge in [0.15, 0.2) is 0 Å². The number of pyridine rings is 1. The molecule has 3 rings (SSSR count). The van der Waals surface area contributed by atoms with Crippen molar-refractivity contribution in [1.29, 1.82) is 0 Å². The van der Waals surface area contributed by atoms with Crippen LogP contribution in [0.5, 0.6) is 0 Å². The minimum absolute atomic E-state index is 0.0111. The average Bonchev–Trinajstić information content (AvgIpc) is 2.86. The van der Waals surface area contributed by atoms with Crippen LogP contribution in [0.15, 0.2) is 24.5 Å². The lowest BCUT2D eigenvalue weighted by Crippen LogP contribution is -2.41. The van der Waals surface area contributed by atoms with Crippen LogP contribution in [-0.4, -0.2) is 66.5 Å². The highest BCUT2D eigenvalue weighted by Gasteiger charge is 2.43. The van der Waals surface area contributed by atoms with Crippen LogP contribution in [0, 0.1) is 5.41 Å². The van der Waals surface area contributed by atoms with E-state index in [0.29, 0.717) is 26.1 Å². The number of ether oxygens (including phenoxy) is 1. The van der Waals surface area contributed by atoms with Gasteiger partial charge in [-0.2, -0.15) is 0 Å². The van der Waals surface area contributed by atoms with Gasteiger partial charge in [-0.05, 0) is 18.1 Å². The summed E-state index contributed by atoms with van der Waals surface area (Å²) < 4.78 is 5.52. The lowest BCUT2D eigenvalue weighted by Gasteiger charge is -2.29. The standard InChI is InChI=1S/C16H21N3O3/c1-18-10-16(12-22-9-15(18)21)4-6-19(11-16)14(20)7-13-3-2-5-17-8-13/h2-3,5,8H,4,6-7,9-12H2,1H3. The molecule has 6 nitrogen and oxygen atoms in total. The Morgan fingerprint density at radius 1 is 1.45 bits per heavy atom. The van der Waals surface area contributed by atoms with Crippen molar-refractivity contribution in [2.75, 3.05) is 39.9 Å². The minimum atomic E-state index is -0.120. The van der Waals surface area contributed by atoms with E-state index in [1.807, 2.05) is 17.0 Å². The van der Waals surface area contributed by atoms with Crippen molar-refractivity contribution in [3.8, 4) is 0 Å². The SMILES string of the molecule is CN1CC2(CCN(C(=O)Cc3cccnc3)C2)COCC1=O. The third kappa shape index (κ3) is 3.11. The summed E-state index contributed by atoms with van der Waals surface area (Å²) in [7, 11) is 1.80. The minimum Gasteiger partial charge on any atom is -0.371 e. The van der Waals surface area contributed by atoms with Gasteiger partial charge in [-0.1, -0.05) is 6.07 Å². The van der Waals surface area contributed by atoms with Gasteiger partial charge in [0.2, 0.25) is 11.8 Å². The van der Waals surface area contributed by atoms with Crippen molar-refractivity contribution in [1.82, 2.24) is 14.8 Å².